The molecule has 2 fully saturated rings. The summed E-state index contributed by atoms with van der Waals surface area (Å²) in [7, 11) is 0. The molecule has 0 spiro atoms. The highest BCUT2D eigenvalue weighted by molar-refractivity contribution is 5.99. The van der Waals surface area contributed by atoms with Gasteiger partial charge in [-0.15, -0.1) is 0 Å². The summed E-state index contributed by atoms with van der Waals surface area (Å²) in [4.78, 5) is 37.5. The molecular weight excluding hydrogens is 336 g/mol. The molecule has 1 aliphatic heterocycles. The summed E-state index contributed by atoms with van der Waals surface area (Å²) in [5, 5.41) is 5.59. The van der Waals surface area contributed by atoms with Gasteiger partial charge in [-0.3, -0.25) is 14.4 Å². The number of ketones is 1. The van der Waals surface area contributed by atoms with Gasteiger partial charge < -0.3 is 19.8 Å². The Labute approximate surface area is 152 Å². The number of hydrogen-bond acceptors (Lipinski definition) is 5. The Morgan fingerprint density at radius 2 is 2.08 bits per heavy atom. The quantitative estimate of drug-likeness (QED) is 0.804. The van der Waals surface area contributed by atoms with Crippen molar-refractivity contribution < 1.29 is 23.5 Å². The lowest BCUT2D eigenvalue weighted by Crippen LogP contribution is -2.60. The van der Waals surface area contributed by atoms with E-state index in [-0.39, 0.29) is 24.1 Å². The third-order valence-corrected chi connectivity index (χ3v) is 5.65. The van der Waals surface area contributed by atoms with Crippen molar-refractivity contribution in [2.75, 3.05) is 6.61 Å². The molecule has 1 aliphatic carbocycles. The molecule has 1 saturated carbocycles. The van der Waals surface area contributed by atoms with Crippen molar-refractivity contribution in [3.8, 4) is 0 Å². The lowest BCUT2D eigenvalue weighted by Gasteiger charge is -2.30. The van der Waals surface area contributed by atoms with Crippen molar-refractivity contribution in [2.24, 2.45) is 5.92 Å². The minimum Gasteiger partial charge on any atom is -0.459 e. The van der Waals surface area contributed by atoms with E-state index >= 15 is 0 Å². The van der Waals surface area contributed by atoms with Crippen LogP contribution < -0.4 is 10.6 Å². The zero-order valence-electron chi connectivity index (χ0n) is 15.2. The number of carbonyl (C=O) groups excluding carboxylic acids is 3. The molecular formula is C19H26N2O5. The maximum absolute atomic E-state index is 12.9. The highest BCUT2D eigenvalue weighted by Gasteiger charge is 2.47. The lowest BCUT2D eigenvalue weighted by molar-refractivity contribution is -0.131. The zero-order chi connectivity index (χ0) is 18.7. The van der Waals surface area contributed by atoms with Crippen molar-refractivity contribution in [1.82, 2.24) is 10.6 Å². The SMILES string of the molecule is CC1OCC(=O)C1(C)NC(=O)C(CC1CCCC1)NC(=O)c1ccco1. The zero-order valence-corrected chi connectivity index (χ0v) is 15.2. The van der Waals surface area contributed by atoms with Crippen LogP contribution in [0.15, 0.2) is 22.8 Å². The number of ether oxygens (including phenoxy) is 1. The first-order valence-electron chi connectivity index (χ1n) is 9.21. The number of carbonyl (C=O) groups is 3. The Morgan fingerprint density at radius 3 is 2.65 bits per heavy atom. The molecule has 2 heterocycles. The number of Topliss-reactive ketones (excluding diaryl/α,β-unsaturated/α-hetero) is 1. The van der Waals surface area contributed by atoms with Crippen LogP contribution in [0.1, 0.15) is 56.5 Å². The van der Waals surface area contributed by atoms with E-state index in [2.05, 4.69) is 10.6 Å². The second-order valence-electron chi connectivity index (χ2n) is 7.46. The monoisotopic (exact) mass is 362 g/mol. The van der Waals surface area contributed by atoms with Crippen LogP contribution in [0.3, 0.4) is 0 Å². The van der Waals surface area contributed by atoms with Crippen LogP contribution in [0, 0.1) is 5.92 Å². The van der Waals surface area contributed by atoms with Crippen LogP contribution in [0.2, 0.25) is 0 Å². The Balaban J connectivity index is 1.72. The van der Waals surface area contributed by atoms with Gasteiger partial charge in [0.25, 0.3) is 5.91 Å². The smallest absolute Gasteiger partial charge is 0.287 e. The third kappa shape index (κ3) is 3.82. The van der Waals surface area contributed by atoms with Gasteiger partial charge in [0.05, 0.1) is 12.4 Å². The van der Waals surface area contributed by atoms with Crippen LogP contribution in [-0.2, 0) is 14.3 Å². The summed E-state index contributed by atoms with van der Waals surface area (Å²) in [6.07, 6.45) is 5.95. The predicted molar refractivity (Wildman–Crippen MR) is 93.5 cm³/mol. The second-order valence-corrected chi connectivity index (χ2v) is 7.46. The first-order chi connectivity index (χ1) is 12.4. The normalized spacial score (nSPS) is 27.5. The molecule has 0 radical (unpaired) electrons. The van der Waals surface area contributed by atoms with Gasteiger partial charge in [-0.1, -0.05) is 25.7 Å². The summed E-state index contributed by atoms with van der Waals surface area (Å²) in [6.45, 7) is 3.43. The average molecular weight is 362 g/mol. The summed E-state index contributed by atoms with van der Waals surface area (Å²) in [5.74, 6) is -0.391. The maximum Gasteiger partial charge on any atom is 0.287 e. The fraction of sp³-hybridized carbons (Fsp3) is 0.632. The third-order valence-electron chi connectivity index (χ3n) is 5.65. The van der Waals surface area contributed by atoms with E-state index in [1.165, 1.54) is 6.26 Å². The van der Waals surface area contributed by atoms with E-state index in [0.717, 1.165) is 25.7 Å². The minimum absolute atomic E-state index is 0.00993. The van der Waals surface area contributed by atoms with Crippen molar-refractivity contribution >= 4 is 17.6 Å². The highest BCUT2D eigenvalue weighted by Crippen LogP contribution is 2.29. The van der Waals surface area contributed by atoms with Crippen molar-refractivity contribution in [3.63, 3.8) is 0 Å². The molecule has 7 heteroatoms. The molecule has 2 N–H and O–H groups in total. The number of hydrogen-bond donors (Lipinski definition) is 2. The lowest BCUT2D eigenvalue weighted by atomic mass is 9.91. The number of nitrogens with one attached hydrogen (secondary N) is 2. The fourth-order valence-corrected chi connectivity index (χ4v) is 3.71. The van der Waals surface area contributed by atoms with Gasteiger partial charge in [0.1, 0.15) is 18.2 Å². The Kier molecular flexibility index (Phi) is 5.46. The first kappa shape index (κ1) is 18.6. The maximum atomic E-state index is 12.9. The molecule has 1 aromatic rings. The van der Waals surface area contributed by atoms with Crippen molar-refractivity contribution in [3.05, 3.63) is 24.2 Å². The number of furan rings is 1. The predicted octanol–water partition coefficient (Wildman–Crippen LogP) is 1.82. The van der Waals surface area contributed by atoms with E-state index in [0.29, 0.717) is 12.3 Å². The van der Waals surface area contributed by atoms with Crippen LogP contribution >= 0.6 is 0 Å². The Morgan fingerprint density at radius 1 is 1.35 bits per heavy atom. The molecule has 1 aromatic heterocycles. The molecule has 0 bridgehead atoms. The largest absolute Gasteiger partial charge is 0.459 e. The van der Waals surface area contributed by atoms with E-state index in [9.17, 15) is 14.4 Å². The number of rotatable bonds is 6. The second kappa shape index (κ2) is 7.61. The average Bonchev–Trinajstić information content (AvgIpc) is 3.34. The molecule has 3 rings (SSSR count). The van der Waals surface area contributed by atoms with E-state index in [4.69, 9.17) is 9.15 Å². The van der Waals surface area contributed by atoms with Gasteiger partial charge in [0.2, 0.25) is 5.91 Å². The summed E-state index contributed by atoms with van der Waals surface area (Å²) < 4.78 is 10.5. The summed E-state index contributed by atoms with van der Waals surface area (Å²) in [6, 6.07) is 2.46. The molecule has 3 unspecified atom stereocenters. The molecule has 1 saturated heterocycles. The van der Waals surface area contributed by atoms with Gasteiger partial charge in [0.15, 0.2) is 11.5 Å². The summed E-state index contributed by atoms with van der Waals surface area (Å²) >= 11 is 0. The van der Waals surface area contributed by atoms with Gasteiger partial charge in [-0.25, -0.2) is 0 Å². The van der Waals surface area contributed by atoms with Crippen LogP contribution in [-0.4, -0.2) is 41.9 Å². The van der Waals surface area contributed by atoms with Gasteiger partial charge >= 0.3 is 0 Å². The Hall–Kier alpha value is -2.15. The topological polar surface area (TPSA) is 97.6 Å². The van der Waals surface area contributed by atoms with Crippen LogP contribution in [0.25, 0.3) is 0 Å². The molecule has 0 aromatic carbocycles. The Bertz CT molecular complexity index is 665. The molecule has 7 nitrogen and oxygen atoms in total. The van der Waals surface area contributed by atoms with Crippen LogP contribution in [0.5, 0.6) is 0 Å². The standard InChI is InChI=1S/C19H26N2O5/c1-12-19(2,16(22)11-26-12)21-17(23)14(10-13-6-3-4-7-13)20-18(24)15-8-5-9-25-15/h5,8-9,12-14H,3-4,6-7,10-11H2,1-2H3,(H,20,24)(H,21,23). The van der Waals surface area contributed by atoms with Crippen molar-refractivity contribution in [1.29, 1.82) is 0 Å². The minimum atomic E-state index is -1.07. The molecule has 142 valence electrons. The van der Waals surface area contributed by atoms with E-state index in [1.54, 1.807) is 26.0 Å². The molecule has 3 atom stereocenters. The van der Waals surface area contributed by atoms with E-state index < -0.39 is 23.6 Å². The van der Waals surface area contributed by atoms with Gasteiger partial charge in [-0.2, -0.15) is 0 Å². The summed E-state index contributed by atoms with van der Waals surface area (Å²) in [5.41, 5.74) is -1.07. The first-order valence-corrected chi connectivity index (χ1v) is 9.21. The van der Waals surface area contributed by atoms with Crippen molar-refractivity contribution in [2.45, 2.75) is 63.6 Å². The molecule has 26 heavy (non-hydrogen) atoms. The van der Waals surface area contributed by atoms with Crippen LogP contribution in [0.4, 0.5) is 0 Å². The number of amides is 2. The highest BCUT2D eigenvalue weighted by atomic mass is 16.5. The molecule has 2 aliphatic rings. The fourth-order valence-electron chi connectivity index (χ4n) is 3.71. The van der Waals surface area contributed by atoms with Gasteiger partial charge in [0, 0.05) is 0 Å². The molecule has 2 amide bonds. The van der Waals surface area contributed by atoms with E-state index in [1.807, 2.05) is 0 Å². The van der Waals surface area contributed by atoms with Gasteiger partial charge in [-0.05, 0) is 38.3 Å².